The molecule has 0 spiro atoms. The molecule has 2 N–H and O–H groups in total. The fourth-order valence-electron chi connectivity index (χ4n) is 1.47. The molecule has 1 aromatic carbocycles. The Morgan fingerprint density at radius 1 is 1.44 bits per heavy atom. The number of hydrogen-bond acceptors (Lipinski definition) is 4. The Labute approximate surface area is 92.9 Å². The zero-order chi connectivity index (χ0) is 11.5. The van der Waals surface area contributed by atoms with Crippen molar-refractivity contribution in [2.24, 2.45) is 7.05 Å². The lowest BCUT2D eigenvalue weighted by molar-refractivity contribution is 0.0990. The van der Waals surface area contributed by atoms with Gasteiger partial charge in [-0.3, -0.25) is 9.48 Å². The summed E-state index contributed by atoms with van der Waals surface area (Å²) >= 11 is 0. The van der Waals surface area contributed by atoms with Crippen LogP contribution < -0.4 is 5.73 Å². The van der Waals surface area contributed by atoms with Crippen LogP contribution in [0, 0.1) is 0 Å². The van der Waals surface area contributed by atoms with Gasteiger partial charge in [0.1, 0.15) is 12.2 Å². The van der Waals surface area contributed by atoms with E-state index in [0.717, 1.165) is 0 Å². The number of para-hydroxylation sites is 1. The second kappa shape index (κ2) is 4.14. The lowest BCUT2D eigenvalue weighted by atomic mass is 10.1. The summed E-state index contributed by atoms with van der Waals surface area (Å²) in [5.41, 5.74) is 6.75. The average Bonchev–Trinajstić information content (AvgIpc) is 2.65. The number of nitrogens with two attached hydrogens (primary N) is 1. The number of ketones is 1. The molecule has 1 aromatic heterocycles. The highest BCUT2D eigenvalue weighted by molar-refractivity contribution is 6.01. The molecule has 0 unspecified atom stereocenters. The highest BCUT2D eigenvalue weighted by Gasteiger charge is 2.12. The van der Waals surface area contributed by atoms with Crippen LogP contribution in [0.3, 0.4) is 0 Å². The number of Topliss-reactive ketones (excluding diaryl/α,β-unsaturated/α-hetero) is 1. The van der Waals surface area contributed by atoms with Gasteiger partial charge in [-0.15, -0.1) is 0 Å². The molecule has 1 heterocycles. The maximum atomic E-state index is 11.9. The Morgan fingerprint density at radius 3 is 2.81 bits per heavy atom. The Hall–Kier alpha value is -2.17. The standard InChI is InChI=1S/C11H12N4O/c1-15-11(13-7-14-15)6-10(16)8-4-2-3-5-9(8)12/h2-5,7H,6,12H2,1H3. The van der Waals surface area contributed by atoms with Crippen molar-refractivity contribution >= 4 is 11.5 Å². The van der Waals surface area contributed by atoms with E-state index in [4.69, 9.17) is 5.73 Å². The third kappa shape index (κ3) is 1.93. The van der Waals surface area contributed by atoms with Crippen LogP contribution in [0.15, 0.2) is 30.6 Å². The van der Waals surface area contributed by atoms with Gasteiger partial charge in [0.15, 0.2) is 5.78 Å². The molecule has 2 aromatic rings. The molecule has 0 bridgehead atoms. The third-order valence-electron chi connectivity index (χ3n) is 2.39. The van der Waals surface area contributed by atoms with Gasteiger partial charge in [-0.1, -0.05) is 12.1 Å². The van der Waals surface area contributed by atoms with E-state index in [1.54, 1.807) is 36.0 Å². The molecular formula is C11H12N4O. The van der Waals surface area contributed by atoms with Crippen LogP contribution in [0.2, 0.25) is 0 Å². The highest BCUT2D eigenvalue weighted by atomic mass is 16.1. The van der Waals surface area contributed by atoms with Gasteiger partial charge >= 0.3 is 0 Å². The summed E-state index contributed by atoms with van der Waals surface area (Å²) < 4.78 is 1.58. The molecule has 2 rings (SSSR count). The number of hydrogen-bond donors (Lipinski definition) is 1. The minimum absolute atomic E-state index is 0.0470. The number of nitrogen functional groups attached to an aromatic ring is 1. The fraction of sp³-hybridized carbons (Fsp3) is 0.182. The number of anilines is 1. The van der Waals surface area contributed by atoms with Crippen LogP contribution in [0.5, 0.6) is 0 Å². The SMILES string of the molecule is Cn1ncnc1CC(=O)c1ccccc1N. The molecule has 5 heteroatoms. The monoisotopic (exact) mass is 216 g/mol. The van der Waals surface area contributed by atoms with Crippen LogP contribution in [-0.2, 0) is 13.5 Å². The number of benzene rings is 1. The first kappa shape index (κ1) is 10.4. The largest absolute Gasteiger partial charge is 0.398 e. The Balaban J connectivity index is 2.22. The molecule has 0 fully saturated rings. The molecule has 16 heavy (non-hydrogen) atoms. The van der Waals surface area contributed by atoms with Crippen LogP contribution in [0.25, 0.3) is 0 Å². The van der Waals surface area contributed by atoms with E-state index in [1.807, 2.05) is 0 Å². The van der Waals surface area contributed by atoms with E-state index < -0.39 is 0 Å². The number of nitrogens with zero attached hydrogens (tertiary/aromatic N) is 3. The molecule has 0 aliphatic carbocycles. The Morgan fingerprint density at radius 2 is 2.19 bits per heavy atom. The molecule has 0 saturated heterocycles. The summed E-state index contributed by atoms with van der Waals surface area (Å²) in [6.45, 7) is 0. The van der Waals surface area contributed by atoms with Crippen LogP contribution in [-0.4, -0.2) is 20.5 Å². The second-order valence-corrected chi connectivity index (χ2v) is 3.49. The maximum absolute atomic E-state index is 11.9. The van der Waals surface area contributed by atoms with Gasteiger partial charge in [0.25, 0.3) is 0 Å². The molecule has 0 atom stereocenters. The van der Waals surface area contributed by atoms with Crippen molar-refractivity contribution in [1.29, 1.82) is 0 Å². The summed E-state index contributed by atoms with van der Waals surface area (Å²) in [7, 11) is 1.75. The van der Waals surface area contributed by atoms with Gasteiger partial charge in [-0.25, -0.2) is 4.98 Å². The summed E-state index contributed by atoms with van der Waals surface area (Å²) in [4.78, 5) is 15.9. The second-order valence-electron chi connectivity index (χ2n) is 3.49. The van der Waals surface area contributed by atoms with Gasteiger partial charge < -0.3 is 5.73 Å². The normalized spacial score (nSPS) is 10.3. The van der Waals surface area contributed by atoms with Gasteiger partial charge in [-0.2, -0.15) is 5.10 Å². The smallest absolute Gasteiger partial charge is 0.172 e. The summed E-state index contributed by atoms with van der Waals surface area (Å²) in [6.07, 6.45) is 1.64. The topological polar surface area (TPSA) is 73.8 Å². The third-order valence-corrected chi connectivity index (χ3v) is 2.39. The van der Waals surface area contributed by atoms with Crippen molar-refractivity contribution in [2.45, 2.75) is 6.42 Å². The molecule has 0 amide bonds. The minimum atomic E-state index is -0.0470. The minimum Gasteiger partial charge on any atom is -0.398 e. The molecule has 5 nitrogen and oxygen atoms in total. The lowest BCUT2D eigenvalue weighted by Gasteiger charge is -2.03. The van der Waals surface area contributed by atoms with E-state index in [-0.39, 0.29) is 12.2 Å². The summed E-state index contributed by atoms with van der Waals surface area (Å²) in [5.74, 6) is 0.586. The van der Waals surface area contributed by atoms with Gasteiger partial charge in [-0.05, 0) is 12.1 Å². The fourth-order valence-corrected chi connectivity index (χ4v) is 1.47. The van der Waals surface area contributed by atoms with Crippen molar-refractivity contribution in [3.05, 3.63) is 42.0 Å². The first-order valence-corrected chi connectivity index (χ1v) is 4.89. The van der Waals surface area contributed by atoms with Crippen LogP contribution >= 0.6 is 0 Å². The zero-order valence-electron chi connectivity index (χ0n) is 8.92. The zero-order valence-corrected chi connectivity index (χ0v) is 8.92. The number of aromatic nitrogens is 3. The van der Waals surface area contributed by atoms with Crippen molar-refractivity contribution in [3.8, 4) is 0 Å². The predicted octanol–water partition coefficient (Wildman–Crippen LogP) is 0.823. The van der Waals surface area contributed by atoms with Crippen molar-refractivity contribution in [1.82, 2.24) is 14.8 Å². The number of carbonyl (C=O) groups excluding carboxylic acids is 1. The molecule has 0 radical (unpaired) electrons. The van der Waals surface area contributed by atoms with E-state index in [0.29, 0.717) is 17.1 Å². The predicted molar refractivity (Wildman–Crippen MR) is 59.9 cm³/mol. The first-order chi connectivity index (χ1) is 7.68. The van der Waals surface area contributed by atoms with Gasteiger partial charge in [0.05, 0.1) is 6.42 Å². The van der Waals surface area contributed by atoms with E-state index >= 15 is 0 Å². The molecule has 0 aliphatic heterocycles. The first-order valence-electron chi connectivity index (χ1n) is 4.89. The number of aryl methyl sites for hydroxylation is 1. The number of rotatable bonds is 3. The van der Waals surface area contributed by atoms with E-state index in [2.05, 4.69) is 10.1 Å². The van der Waals surface area contributed by atoms with Crippen LogP contribution in [0.1, 0.15) is 16.2 Å². The van der Waals surface area contributed by atoms with E-state index in [9.17, 15) is 4.79 Å². The molecule has 82 valence electrons. The maximum Gasteiger partial charge on any atom is 0.172 e. The van der Waals surface area contributed by atoms with Crippen molar-refractivity contribution in [3.63, 3.8) is 0 Å². The Bertz CT molecular complexity index is 518. The summed E-state index contributed by atoms with van der Waals surface area (Å²) in [5, 5.41) is 3.91. The Kier molecular flexibility index (Phi) is 2.68. The lowest BCUT2D eigenvalue weighted by Crippen LogP contribution is -2.10. The van der Waals surface area contributed by atoms with Gasteiger partial charge in [0.2, 0.25) is 0 Å². The van der Waals surface area contributed by atoms with Gasteiger partial charge in [0, 0.05) is 18.3 Å². The van der Waals surface area contributed by atoms with Crippen molar-refractivity contribution < 1.29 is 4.79 Å². The number of carbonyl (C=O) groups is 1. The highest BCUT2D eigenvalue weighted by Crippen LogP contribution is 2.13. The molecule has 0 aliphatic rings. The quantitative estimate of drug-likeness (QED) is 0.609. The van der Waals surface area contributed by atoms with E-state index in [1.165, 1.54) is 6.33 Å². The average molecular weight is 216 g/mol. The van der Waals surface area contributed by atoms with Crippen molar-refractivity contribution in [2.75, 3.05) is 5.73 Å². The molecule has 0 saturated carbocycles. The summed E-state index contributed by atoms with van der Waals surface area (Å²) in [6, 6.07) is 7.02. The molecular weight excluding hydrogens is 204 g/mol. The van der Waals surface area contributed by atoms with Crippen LogP contribution in [0.4, 0.5) is 5.69 Å².